The molecule has 0 aromatic heterocycles. The number of rotatable bonds is 6. The second-order valence-corrected chi connectivity index (χ2v) is 8.37. The second kappa shape index (κ2) is 6.90. The Bertz CT molecular complexity index is 723. The zero-order valence-corrected chi connectivity index (χ0v) is 15.6. The van der Waals surface area contributed by atoms with Crippen molar-refractivity contribution >= 4 is 21.9 Å². The molecule has 1 aromatic carbocycles. The molecule has 7 nitrogen and oxygen atoms in total. The monoisotopic (exact) mass is 356 g/mol. The zero-order chi connectivity index (χ0) is 18.9. The molecule has 0 spiro atoms. The van der Waals surface area contributed by atoms with Gasteiger partial charge in [0.25, 0.3) is 5.91 Å². The molecule has 0 atom stereocenters. The molecule has 1 rings (SSSR count). The summed E-state index contributed by atoms with van der Waals surface area (Å²) in [5.74, 6) is -1.63. The third kappa shape index (κ3) is 3.76. The van der Waals surface area contributed by atoms with Gasteiger partial charge in [-0.2, -0.15) is 4.31 Å². The molecule has 134 valence electrons. The largest absolute Gasteiger partial charge is 0.480 e. The van der Waals surface area contributed by atoms with Gasteiger partial charge >= 0.3 is 5.97 Å². The lowest BCUT2D eigenvalue weighted by Crippen LogP contribution is -2.50. The number of hydrogen-bond acceptors (Lipinski definition) is 4. The van der Waals surface area contributed by atoms with E-state index in [0.29, 0.717) is 0 Å². The summed E-state index contributed by atoms with van der Waals surface area (Å²) in [4.78, 5) is 24.8. The number of carboxylic acids is 1. The highest BCUT2D eigenvalue weighted by molar-refractivity contribution is 7.89. The molecule has 1 amide bonds. The van der Waals surface area contributed by atoms with Crippen LogP contribution in [0.4, 0.5) is 0 Å². The number of likely N-dealkylation sites (N-methyl/N-ethyl adjacent to an activating group) is 1. The first-order valence-electron chi connectivity index (χ1n) is 7.43. The number of amides is 1. The minimum Gasteiger partial charge on any atom is -0.480 e. The summed E-state index contributed by atoms with van der Waals surface area (Å²) in [5.41, 5.74) is -1.15. The first-order chi connectivity index (χ1) is 10.8. The van der Waals surface area contributed by atoms with Crippen LogP contribution in [-0.2, 0) is 14.8 Å². The van der Waals surface area contributed by atoms with Crippen LogP contribution in [0.15, 0.2) is 29.2 Å². The SMILES string of the molecule is CC(C)N(C)S(=O)(=O)c1ccc(C(=O)N(C)C(C)(C)C(=O)O)cc1. The van der Waals surface area contributed by atoms with E-state index in [-0.39, 0.29) is 16.5 Å². The summed E-state index contributed by atoms with van der Waals surface area (Å²) in [6, 6.07) is 5.28. The van der Waals surface area contributed by atoms with Crippen LogP contribution in [0.1, 0.15) is 38.1 Å². The molecule has 0 fully saturated rings. The zero-order valence-electron chi connectivity index (χ0n) is 14.8. The Morgan fingerprint density at radius 1 is 1.08 bits per heavy atom. The topological polar surface area (TPSA) is 95.0 Å². The quantitative estimate of drug-likeness (QED) is 0.836. The average Bonchev–Trinajstić information content (AvgIpc) is 2.52. The van der Waals surface area contributed by atoms with Crippen molar-refractivity contribution in [3.63, 3.8) is 0 Å². The second-order valence-electron chi connectivity index (χ2n) is 6.37. The van der Waals surface area contributed by atoms with Crippen LogP contribution in [0.2, 0.25) is 0 Å². The van der Waals surface area contributed by atoms with E-state index in [4.69, 9.17) is 0 Å². The molecule has 0 heterocycles. The van der Waals surface area contributed by atoms with Gasteiger partial charge in [-0.05, 0) is 52.0 Å². The number of hydrogen-bond donors (Lipinski definition) is 1. The lowest BCUT2D eigenvalue weighted by atomic mass is 10.0. The van der Waals surface area contributed by atoms with Gasteiger partial charge in [-0.3, -0.25) is 4.79 Å². The van der Waals surface area contributed by atoms with Gasteiger partial charge in [0.1, 0.15) is 5.54 Å². The first kappa shape index (κ1) is 20.1. The smallest absolute Gasteiger partial charge is 0.329 e. The van der Waals surface area contributed by atoms with Gasteiger partial charge < -0.3 is 10.0 Å². The molecule has 0 aliphatic carbocycles. The molecule has 0 aliphatic rings. The van der Waals surface area contributed by atoms with Gasteiger partial charge in [0, 0.05) is 25.7 Å². The van der Waals surface area contributed by atoms with Crippen molar-refractivity contribution in [2.75, 3.05) is 14.1 Å². The Balaban J connectivity index is 3.12. The molecule has 24 heavy (non-hydrogen) atoms. The Labute approximate surface area is 142 Å². The minimum atomic E-state index is -3.63. The van der Waals surface area contributed by atoms with Crippen LogP contribution in [0, 0.1) is 0 Å². The summed E-state index contributed by atoms with van der Waals surface area (Å²) in [6.45, 7) is 6.37. The highest BCUT2D eigenvalue weighted by Crippen LogP contribution is 2.20. The highest BCUT2D eigenvalue weighted by atomic mass is 32.2. The van der Waals surface area contributed by atoms with E-state index in [1.54, 1.807) is 13.8 Å². The third-order valence-electron chi connectivity index (χ3n) is 4.17. The van der Waals surface area contributed by atoms with Crippen LogP contribution < -0.4 is 0 Å². The van der Waals surface area contributed by atoms with Crippen molar-refractivity contribution in [3.05, 3.63) is 29.8 Å². The van der Waals surface area contributed by atoms with E-state index in [9.17, 15) is 23.1 Å². The van der Waals surface area contributed by atoms with E-state index < -0.39 is 27.4 Å². The summed E-state index contributed by atoms with van der Waals surface area (Å²) in [6.07, 6.45) is 0. The van der Waals surface area contributed by atoms with E-state index in [1.165, 1.54) is 56.5 Å². The molecule has 1 aromatic rings. The van der Waals surface area contributed by atoms with E-state index in [1.807, 2.05) is 0 Å². The maximum Gasteiger partial charge on any atom is 0.329 e. The number of benzene rings is 1. The Kier molecular flexibility index (Phi) is 5.78. The Morgan fingerprint density at radius 3 is 1.92 bits per heavy atom. The summed E-state index contributed by atoms with van der Waals surface area (Å²) in [7, 11) is -0.744. The fourth-order valence-corrected chi connectivity index (χ4v) is 3.17. The average molecular weight is 356 g/mol. The Morgan fingerprint density at radius 2 is 1.54 bits per heavy atom. The molecular weight excluding hydrogens is 332 g/mol. The summed E-state index contributed by atoms with van der Waals surface area (Å²) < 4.78 is 26.0. The molecule has 0 bridgehead atoms. The molecule has 0 saturated heterocycles. The van der Waals surface area contributed by atoms with E-state index in [2.05, 4.69) is 0 Å². The molecule has 0 saturated carbocycles. The normalized spacial score (nSPS) is 12.5. The van der Waals surface area contributed by atoms with Crippen molar-refractivity contribution < 1.29 is 23.1 Å². The lowest BCUT2D eigenvalue weighted by molar-refractivity contribution is -0.147. The maximum atomic E-state index is 12.4. The van der Waals surface area contributed by atoms with Crippen LogP contribution in [0.3, 0.4) is 0 Å². The molecule has 8 heteroatoms. The third-order valence-corrected chi connectivity index (χ3v) is 6.22. The number of sulfonamides is 1. The lowest BCUT2D eigenvalue weighted by Gasteiger charge is -2.31. The standard InChI is InChI=1S/C16H24N2O5S/c1-11(2)18(6)24(22,23)13-9-7-12(8-10-13)14(19)17(5)16(3,4)15(20)21/h7-11H,1-6H3,(H,20,21). The highest BCUT2D eigenvalue weighted by Gasteiger charge is 2.35. The number of carbonyl (C=O) groups excluding carboxylic acids is 1. The molecule has 0 aliphatic heterocycles. The predicted octanol–water partition coefficient (Wildman–Crippen LogP) is 1.65. The number of aliphatic carboxylic acids is 1. The minimum absolute atomic E-state index is 0.0791. The van der Waals surface area contributed by atoms with Crippen LogP contribution >= 0.6 is 0 Å². The van der Waals surface area contributed by atoms with Gasteiger partial charge in [0.2, 0.25) is 10.0 Å². The van der Waals surface area contributed by atoms with Crippen LogP contribution in [0.25, 0.3) is 0 Å². The van der Waals surface area contributed by atoms with Gasteiger partial charge in [-0.15, -0.1) is 0 Å². The van der Waals surface area contributed by atoms with Crippen molar-refractivity contribution in [3.8, 4) is 0 Å². The van der Waals surface area contributed by atoms with E-state index in [0.717, 1.165) is 4.90 Å². The van der Waals surface area contributed by atoms with Gasteiger partial charge in [0.05, 0.1) is 4.90 Å². The van der Waals surface area contributed by atoms with Crippen LogP contribution in [-0.4, -0.2) is 60.3 Å². The van der Waals surface area contributed by atoms with Crippen molar-refractivity contribution in [1.29, 1.82) is 0 Å². The van der Waals surface area contributed by atoms with Crippen molar-refractivity contribution in [2.24, 2.45) is 0 Å². The maximum absolute atomic E-state index is 12.4. The summed E-state index contributed by atoms with van der Waals surface area (Å²) >= 11 is 0. The van der Waals surface area contributed by atoms with Crippen LogP contribution in [0.5, 0.6) is 0 Å². The predicted molar refractivity (Wildman–Crippen MR) is 90.3 cm³/mol. The van der Waals surface area contributed by atoms with Crippen molar-refractivity contribution in [1.82, 2.24) is 9.21 Å². The van der Waals surface area contributed by atoms with Gasteiger partial charge in [0.15, 0.2) is 0 Å². The Hall–Kier alpha value is -1.93. The summed E-state index contributed by atoms with van der Waals surface area (Å²) in [5, 5.41) is 9.19. The van der Waals surface area contributed by atoms with Crippen molar-refractivity contribution in [2.45, 2.75) is 44.2 Å². The van der Waals surface area contributed by atoms with E-state index >= 15 is 0 Å². The fraction of sp³-hybridized carbons (Fsp3) is 0.500. The molecule has 0 unspecified atom stereocenters. The molecule has 0 radical (unpaired) electrons. The number of carbonyl (C=O) groups is 2. The molecule has 1 N–H and O–H groups in total. The fourth-order valence-electron chi connectivity index (χ4n) is 1.80. The van der Waals surface area contributed by atoms with Gasteiger partial charge in [-0.25, -0.2) is 13.2 Å². The molecular formula is C16H24N2O5S. The number of nitrogens with zero attached hydrogens (tertiary/aromatic N) is 2. The first-order valence-corrected chi connectivity index (χ1v) is 8.87. The number of carboxylic acid groups (broad SMARTS) is 1. The van der Waals surface area contributed by atoms with Gasteiger partial charge in [-0.1, -0.05) is 0 Å².